The van der Waals surface area contributed by atoms with Crippen LogP contribution in [0.1, 0.15) is 59.2 Å². The van der Waals surface area contributed by atoms with E-state index < -0.39 is 5.97 Å². The molecule has 5 heteroatoms. The minimum Gasteiger partial charge on any atom is -0.478 e. The molecule has 0 saturated heterocycles. The zero-order chi connectivity index (χ0) is 21.4. The van der Waals surface area contributed by atoms with E-state index in [2.05, 4.69) is 41.1 Å². The van der Waals surface area contributed by atoms with Crippen LogP contribution in [0, 0.1) is 5.92 Å². The van der Waals surface area contributed by atoms with Gasteiger partial charge in [0, 0.05) is 33.8 Å². The Morgan fingerprint density at radius 3 is 2.60 bits per heavy atom. The van der Waals surface area contributed by atoms with E-state index in [4.69, 9.17) is 0 Å². The molecule has 0 atom stereocenters. The highest BCUT2D eigenvalue weighted by Gasteiger charge is 2.24. The molecule has 0 unspecified atom stereocenters. The van der Waals surface area contributed by atoms with Crippen LogP contribution in [0.15, 0.2) is 47.8 Å². The minimum absolute atomic E-state index is 0.110. The number of thiophene rings is 1. The summed E-state index contributed by atoms with van der Waals surface area (Å²) in [6.45, 7) is 6.53. The largest absolute Gasteiger partial charge is 0.478 e. The van der Waals surface area contributed by atoms with Gasteiger partial charge in [-0.25, -0.2) is 4.79 Å². The van der Waals surface area contributed by atoms with E-state index in [9.17, 15) is 14.7 Å². The SMILES string of the molecule is CCCc1c(C(=O)C(C)C)c2ccc(C(=O)O)cc2n1Cc1ccc2sccc2c1. The summed E-state index contributed by atoms with van der Waals surface area (Å²) in [5, 5.41) is 13.7. The van der Waals surface area contributed by atoms with E-state index >= 15 is 0 Å². The second kappa shape index (κ2) is 8.07. The first-order valence-electron chi connectivity index (χ1n) is 10.3. The number of ketones is 1. The molecule has 0 amide bonds. The molecule has 0 bridgehead atoms. The Kier molecular flexibility index (Phi) is 5.48. The lowest BCUT2D eigenvalue weighted by molar-refractivity contribution is 0.0696. The fourth-order valence-corrected chi connectivity index (χ4v) is 4.84. The molecule has 2 heterocycles. The second-order valence-electron chi connectivity index (χ2n) is 8.01. The standard InChI is InChI=1S/C25H25NO3S/c1-4-5-20-23(24(27)15(2)3)19-8-7-18(25(28)29)13-21(19)26(20)14-16-6-9-22-17(12-16)10-11-30-22/h6-13,15H,4-5,14H2,1-3H3,(H,28,29). The maximum atomic E-state index is 13.2. The van der Waals surface area contributed by atoms with Gasteiger partial charge in [-0.3, -0.25) is 4.79 Å². The number of Topliss-reactive ketones (excluding diaryl/α,β-unsaturated/α-hetero) is 1. The number of carboxylic acid groups (broad SMARTS) is 1. The first-order chi connectivity index (χ1) is 14.4. The average Bonchev–Trinajstić information content (AvgIpc) is 3.30. The molecule has 0 radical (unpaired) electrons. The van der Waals surface area contributed by atoms with E-state index in [-0.39, 0.29) is 17.3 Å². The Bertz CT molecular complexity index is 1260. The highest BCUT2D eigenvalue weighted by molar-refractivity contribution is 7.17. The van der Waals surface area contributed by atoms with Crippen molar-refractivity contribution in [3.05, 3.63) is 70.2 Å². The second-order valence-corrected chi connectivity index (χ2v) is 8.95. The first kappa shape index (κ1) is 20.4. The molecule has 4 aromatic rings. The van der Waals surface area contributed by atoms with Crippen molar-refractivity contribution in [3.63, 3.8) is 0 Å². The molecule has 0 saturated carbocycles. The predicted octanol–water partition coefficient (Wildman–Crippen LogP) is 6.39. The maximum absolute atomic E-state index is 13.2. The number of aromatic carboxylic acids is 1. The normalized spacial score (nSPS) is 11.6. The van der Waals surface area contributed by atoms with Crippen molar-refractivity contribution < 1.29 is 14.7 Å². The van der Waals surface area contributed by atoms with Gasteiger partial charge in [0.15, 0.2) is 5.78 Å². The van der Waals surface area contributed by atoms with Crippen molar-refractivity contribution in [2.45, 2.75) is 40.2 Å². The predicted molar refractivity (Wildman–Crippen MR) is 123 cm³/mol. The summed E-state index contributed by atoms with van der Waals surface area (Å²) < 4.78 is 3.39. The first-order valence-corrected chi connectivity index (χ1v) is 11.2. The van der Waals surface area contributed by atoms with E-state index in [0.717, 1.165) is 40.6 Å². The molecule has 2 aromatic heterocycles. The molecule has 2 aromatic carbocycles. The van der Waals surface area contributed by atoms with Crippen molar-refractivity contribution in [3.8, 4) is 0 Å². The Balaban J connectivity index is 1.96. The molecule has 0 aliphatic heterocycles. The summed E-state index contributed by atoms with van der Waals surface area (Å²) in [7, 11) is 0. The van der Waals surface area contributed by atoms with Gasteiger partial charge in [-0.15, -0.1) is 11.3 Å². The molecule has 4 rings (SSSR count). The molecule has 30 heavy (non-hydrogen) atoms. The summed E-state index contributed by atoms with van der Waals surface area (Å²) >= 11 is 1.72. The van der Waals surface area contributed by atoms with Crippen LogP contribution in [0.2, 0.25) is 0 Å². The van der Waals surface area contributed by atoms with Crippen LogP contribution in [0.25, 0.3) is 21.0 Å². The van der Waals surface area contributed by atoms with Gasteiger partial charge in [-0.1, -0.05) is 39.3 Å². The van der Waals surface area contributed by atoms with Crippen LogP contribution in [0.4, 0.5) is 0 Å². The van der Waals surface area contributed by atoms with Crippen molar-refractivity contribution in [1.82, 2.24) is 4.57 Å². The van der Waals surface area contributed by atoms with Gasteiger partial charge in [0.2, 0.25) is 0 Å². The Morgan fingerprint density at radius 1 is 1.10 bits per heavy atom. The van der Waals surface area contributed by atoms with Crippen LogP contribution in [-0.2, 0) is 13.0 Å². The average molecular weight is 420 g/mol. The topological polar surface area (TPSA) is 59.3 Å². The Morgan fingerprint density at radius 2 is 1.90 bits per heavy atom. The summed E-state index contributed by atoms with van der Waals surface area (Å²) in [5.41, 5.74) is 3.93. The fraction of sp³-hybridized carbons (Fsp3) is 0.280. The summed E-state index contributed by atoms with van der Waals surface area (Å²) in [4.78, 5) is 24.8. The number of carbonyl (C=O) groups is 2. The third kappa shape index (κ3) is 3.54. The highest BCUT2D eigenvalue weighted by atomic mass is 32.1. The van der Waals surface area contributed by atoms with Gasteiger partial charge in [0.25, 0.3) is 0 Å². The van der Waals surface area contributed by atoms with Crippen LogP contribution in [-0.4, -0.2) is 21.4 Å². The van der Waals surface area contributed by atoms with E-state index in [1.54, 1.807) is 29.5 Å². The molecule has 0 aliphatic carbocycles. The molecule has 1 N–H and O–H groups in total. The number of hydrogen-bond donors (Lipinski definition) is 1. The van der Waals surface area contributed by atoms with Crippen molar-refractivity contribution in [2.75, 3.05) is 0 Å². The number of rotatable bonds is 7. The van der Waals surface area contributed by atoms with Gasteiger partial charge in [-0.05, 0) is 53.1 Å². The van der Waals surface area contributed by atoms with Crippen molar-refractivity contribution >= 4 is 44.1 Å². The highest BCUT2D eigenvalue weighted by Crippen LogP contribution is 2.32. The quantitative estimate of drug-likeness (QED) is 0.353. The van der Waals surface area contributed by atoms with Gasteiger partial charge in [0.1, 0.15) is 0 Å². The fourth-order valence-electron chi connectivity index (χ4n) is 4.07. The zero-order valence-corrected chi connectivity index (χ0v) is 18.3. The number of aromatic nitrogens is 1. The summed E-state index contributed by atoms with van der Waals surface area (Å²) in [6, 6.07) is 13.6. The minimum atomic E-state index is -0.960. The molecular weight excluding hydrogens is 394 g/mol. The lowest BCUT2D eigenvalue weighted by Gasteiger charge is -2.13. The van der Waals surface area contributed by atoms with Crippen molar-refractivity contribution in [1.29, 1.82) is 0 Å². The summed E-state index contributed by atoms with van der Waals surface area (Å²) in [6.07, 6.45) is 1.68. The summed E-state index contributed by atoms with van der Waals surface area (Å²) in [5.74, 6) is -0.974. The number of hydrogen-bond acceptors (Lipinski definition) is 3. The van der Waals surface area contributed by atoms with E-state index in [1.165, 1.54) is 10.1 Å². The Labute approximate surface area is 179 Å². The van der Waals surface area contributed by atoms with E-state index in [1.807, 2.05) is 13.8 Å². The zero-order valence-electron chi connectivity index (χ0n) is 17.4. The third-order valence-corrected chi connectivity index (χ3v) is 6.43. The number of fused-ring (bicyclic) bond motifs is 2. The Hall–Kier alpha value is -2.92. The molecular formula is C25H25NO3S. The molecule has 154 valence electrons. The lowest BCUT2D eigenvalue weighted by atomic mass is 9.96. The van der Waals surface area contributed by atoms with Crippen molar-refractivity contribution in [2.24, 2.45) is 5.92 Å². The number of nitrogens with zero attached hydrogens (tertiary/aromatic N) is 1. The van der Waals surface area contributed by atoms with Gasteiger partial charge < -0.3 is 9.67 Å². The van der Waals surface area contributed by atoms with Crippen LogP contribution in [0.3, 0.4) is 0 Å². The number of carboxylic acids is 1. The van der Waals surface area contributed by atoms with Gasteiger partial charge >= 0.3 is 5.97 Å². The maximum Gasteiger partial charge on any atom is 0.335 e. The molecule has 0 spiro atoms. The molecule has 0 aliphatic rings. The lowest BCUT2D eigenvalue weighted by Crippen LogP contribution is -2.12. The third-order valence-electron chi connectivity index (χ3n) is 5.53. The molecule has 0 fully saturated rings. The monoisotopic (exact) mass is 419 g/mol. The van der Waals surface area contributed by atoms with Crippen LogP contribution >= 0.6 is 11.3 Å². The van der Waals surface area contributed by atoms with Gasteiger partial charge in [0.05, 0.1) is 11.1 Å². The smallest absolute Gasteiger partial charge is 0.335 e. The van der Waals surface area contributed by atoms with Gasteiger partial charge in [-0.2, -0.15) is 0 Å². The van der Waals surface area contributed by atoms with E-state index in [0.29, 0.717) is 6.54 Å². The van der Waals surface area contributed by atoms with Crippen LogP contribution in [0.5, 0.6) is 0 Å². The molecule has 4 nitrogen and oxygen atoms in total. The van der Waals surface area contributed by atoms with Crippen LogP contribution < -0.4 is 0 Å². The number of carbonyl (C=O) groups excluding carboxylic acids is 1. The number of benzene rings is 2.